The van der Waals surface area contributed by atoms with Gasteiger partial charge < -0.3 is 10.1 Å². The minimum absolute atomic E-state index is 0.00192. The van der Waals surface area contributed by atoms with Gasteiger partial charge in [0, 0.05) is 44.3 Å². The molecule has 1 fully saturated rings. The van der Waals surface area contributed by atoms with E-state index in [1.807, 2.05) is 36.3 Å². The Balaban J connectivity index is 1.56. The predicted molar refractivity (Wildman–Crippen MR) is 90.8 cm³/mol. The van der Waals surface area contributed by atoms with E-state index in [2.05, 4.69) is 15.5 Å². The van der Waals surface area contributed by atoms with Gasteiger partial charge in [0.2, 0.25) is 5.91 Å². The summed E-state index contributed by atoms with van der Waals surface area (Å²) < 4.78 is 9.12. The zero-order valence-corrected chi connectivity index (χ0v) is 14.6. The first-order valence-electron chi connectivity index (χ1n) is 8.43. The van der Waals surface area contributed by atoms with E-state index in [1.54, 1.807) is 6.20 Å². The Morgan fingerprint density at radius 2 is 2.29 bits per heavy atom. The van der Waals surface area contributed by atoms with E-state index < -0.39 is 0 Å². The molecule has 0 aromatic carbocycles. The molecule has 1 N–H and O–H groups in total. The molecule has 24 heavy (non-hydrogen) atoms. The highest BCUT2D eigenvalue weighted by atomic mass is 16.5. The smallest absolute Gasteiger partial charge is 0.225 e. The van der Waals surface area contributed by atoms with Crippen LogP contribution in [0.1, 0.15) is 29.8 Å². The van der Waals surface area contributed by atoms with Gasteiger partial charge in [0.25, 0.3) is 0 Å². The summed E-state index contributed by atoms with van der Waals surface area (Å²) in [5.41, 5.74) is 3.27. The van der Waals surface area contributed by atoms with Crippen molar-refractivity contribution in [3.63, 3.8) is 0 Å². The standard InChI is InChI=1S/C17H25N5O2/c1-12-15(13(2)21(3)20-12)4-5-17(23)19-16-6-8-18-22(16)10-14-7-9-24-11-14/h6,8,14H,4-5,7,9-11H2,1-3H3,(H,19,23)/t14-/m0/s1. The van der Waals surface area contributed by atoms with Gasteiger partial charge in [-0.2, -0.15) is 10.2 Å². The number of hydrogen-bond acceptors (Lipinski definition) is 4. The van der Waals surface area contributed by atoms with Gasteiger partial charge in [-0.15, -0.1) is 0 Å². The van der Waals surface area contributed by atoms with Crippen LogP contribution >= 0.6 is 0 Å². The molecular weight excluding hydrogens is 306 g/mol. The van der Waals surface area contributed by atoms with Crippen LogP contribution in [0.4, 0.5) is 5.82 Å². The molecule has 1 aliphatic heterocycles. The molecule has 1 amide bonds. The van der Waals surface area contributed by atoms with Crippen LogP contribution in [0, 0.1) is 19.8 Å². The van der Waals surface area contributed by atoms with Gasteiger partial charge in [-0.05, 0) is 32.3 Å². The fourth-order valence-electron chi connectivity index (χ4n) is 3.18. The zero-order valence-electron chi connectivity index (χ0n) is 14.6. The average Bonchev–Trinajstić information content (AvgIpc) is 3.24. The summed E-state index contributed by atoms with van der Waals surface area (Å²) in [4.78, 5) is 12.3. The number of nitrogens with one attached hydrogen (secondary N) is 1. The molecule has 1 aliphatic rings. The summed E-state index contributed by atoms with van der Waals surface area (Å²) in [6, 6.07) is 1.84. The molecule has 2 aromatic rings. The molecule has 3 rings (SSSR count). The quantitative estimate of drug-likeness (QED) is 0.876. The topological polar surface area (TPSA) is 74.0 Å². The highest BCUT2D eigenvalue weighted by molar-refractivity contribution is 5.89. The van der Waals surface area contributed by atoms with Crippen molar-refractivity contribution in [1.82, 2.24) is 19.6 Å². The van der Waals surface area contributed by atoms with Crippen molar-refractivity contribution < 1.29 is 9.53 Å². The number of hydrogen-bond donors (Lipinski definition) is 1. The Hall–Kier alpha value is -2.15. The Kier molecular flexibility index (Phi) is 4.99. The minimum Gasteiger partial charge on any atom is -0.381 e. The molecular formula is C17H25N5O2. The molecule has 0 unspecified atom stereocenters. The largest absolute Gasteiger partial charge is 0.381 e. The Morgan fingerprint density at radius 3 is 2.96 bits per heavy atom. The summed E-state index contributed by atoms with van der Waals surface area (Å²) in [5, 5.41) is 11.7. The SMILES string of the molecule is Cc1nn(C)c(C)c1CCC(=O)Nc1ccnn1C[C@@H]1CCOC1. The number of aromatic nitrogens is 4. The van der Waals surface area contributed by atoms with Crippen molar-refractivity contribution in [2.75, 3.05) is 18.5 Å². The number of anilines is 1. The summed E-state index contributed by atoms with van der Waals surface area (Å²) in [6.07, 6.45) is 3.90. The second kappa shape index (κ2) is 7.17. The van der Waals surface area contributed by atoms with E-state index in [9.17, 15) is 4.79 Å². The lowest BCUT2D eigenvalue weighted by Crippen LogP contribution is -2.19. The molecule has 0 aliphatic carbocycles. The molecule has 1 atom stereocenters. The van der Waals surface area contributed by atoms with Gasteiger partial charge in [-0.1, -0.05) is 0 Å². The number of nitrogens with zero attached hydrogens (tertiary/aromatic N) is 4. The number of carbonyl (C=O) groups excluding carboxylic acids is 1. The first kappa shape index (κ1) is 16.7. The second-order valence-corrected chi connectivity index (χ2v) is 6.45. The maximum atomic E-state index is 12.3. The lowest BCUT2D eigenvalue weighted by Gasteiger charge is -2.12. The van der Waals surface area contributed by atoms with Gasteiger partial charge in [0.15, 0.2) is 0 Å². The van der Waals surface area contributed by atoms with Gasteiger partial charge in [-0.25, -0.2) is 4.68 Å². The third-order valence-corrected chi connectivity index (χ3v) is 4.70. The lowest BCUT2D eigenvalue weighted by molar-refractivity contribution is -0.116. The maximum Gasteiger partial charge on any atom is 0.225 e. The fourth-order valence-corrected chi connectivity index (χ4v) is 3.18. The van der Waals surface area contributed by atoms with E-state index in [4.69, 9.17) is 4.74 Å². The molecule has 7 heteroatoms. The number of amides is 1. The third kappa shape index (κ3) is 3.67. The first-order chi connectivity index (χ1) is 11.5. The van der Waals surface area contributed by atoms with Crippen LogP contribution in [-0.2, 0) is 29.5 Å². The molecule has 130 valence electrons. The molecule has 0 saturated carbocycles. The van der Waals surface area contributed by atoms with Crippen molar-refractivity contribution in [3.8, 4) is 0 Å². The lowest BCUT2D eigenvalue weighted by atomic mass is 10.1. The van der Waals surface area contributed by atoms with Crippen LogP contribution in [0.5, 0.6) is 0 Å². The number of carbonyl (C=O) groups is 1. The molecule has 0 bridgehead atoms. The average molecular weight is 331 g/mol. The molecule has 2 aromatic heterocycles. The zero-order chi connectivity index (χ0) is 17.1. The van der Waals surface area contributed by atoms with Gasteiger partial charge in [0.1, 0.15) is 5.82 Å². The molecule has 1 saturated heterocycles. The van der Waals surface area contributed by atoms with Gasteiger partial charge >= 0.3 is 0 Å². The third-order valence-electron chi connectivity index (χ3n) is 4.70. The molecule has 0 spiro atoms. The van der Waals surface area contributed by atoms with Crippen molar-refractivity contribution in [1.29, 1.82) is 0 Å². The Bertz CT molecular complexity index is 713. The molecule has 3 heterocycles. The number of ether oxygens (including phenoxy) is 1. The van der Waals surface area contributed by atoms with Gasteiger partial charge in [-0.3, -0.25) is 9.48 Å². The van der Waals surface area contributed by atoms with Crippen LogP contribution in [0.15, 0.2) is 12.3 Å². The van der Waals surface area contributed by atoms with Crippen LogP contribution in [0.2, 0.25) is 0 Å². The van der Waals surface area contributed by atoms with E-state index in [0.29, 0.717) is 18.8 Å². The van der Waals surface area contributed by atoms with Crippen LogP contribution in [0.3, 0.4) is 0 Å². The van der Waals surface area contributed by atoms with Gasteiger partial charge in [0.05, 0.1) is 18.5 Å². The molecule has 7 nitrogen and oxygen atoms in total. The fraction of sp³-hybridized carbons (Fsp3) is 0.588. The monoisotopic (exact) mass is 331 g/mol. The van der Waals surface area contributed by atoms with E-state index >= 15 is 0 Å². The van der Waals surface area contributed by atoms with Crippen molar-refractivity contribution >= 4 is 11.7 Å². The minimum atomic E-state index is 0.00192. The normalized spacial score (nSPS) is 17.4. The number of aryl methyl sites for hydroxylation is 2. The summed E-state index contributed by atoms with van der Waals surface area (Å²) in [6.45, 7) is 6.39. The van der Waals surface area contributed by atoms with E-state index in [1.165, 1.54) is 0 Å². The summed E-state index contributed by atoms with van der Waals surface area (Å²) in [5.74, 6) is 1.23. The second-order valence-electron chi connectivity index (χ2n) is 6.45. The van der Waals surface area contributed by atoms with Crippen LogP contribution in [-0.4, -0.2) is 38.7 Å². The summed E-state index contributed by atoms with van der Waals surface area (Å²) >= 11 is 0. The highest BCUT2D eigenvalue weighted by Crippen LogP contribution is 2.18. The molecule has 0 radical (unpaired) electrons. The van der Waals surface area contributed by atoms with Crippen molar-refractivity contribution in [3.05, 3.63) is 29.2 Å². The highest BCUT2D eigenvalue weighted by Gasteiger charge is 2.18. The van der Waals surface area contributed by atoms with Crippen molar-refractivity contribution in [2.24, 2.45) is 13.0 Å². The first-order valence-corrected chi connectivity index (χ1v) is 8.43. The Morgan fingerprint density at radius 1 is 1.46 bits per heavy atom. The van der Waals surface area contributed by atoms with Crippen molar-refractivity contribution in [2.45, 2.75) is 39.7 Å². The summed E-state index contributed by atoms with van der Waals surface area (Å²) in [7, 11) is 1.93. The van der Waals surface area contributed by atoms with Crippen LogP contribution in [0.25, 0.3) is 0 Å². The van der Waals surface area contributed by atoms with E-state index in [-0.39, 0.29) is 5.91 Å². The number of rotatable bonds is 6. The Labute approximate surface area is 142 Å². The van der Waals surface area contributed by atoms with Crippen LogP contribution < -0.4 is 5.32 Å². The van der Waals surface area contributed by atoms with E-state index in [0.717, 1.165) is 48.9 Å². The predicted octanol–water partition coefficient (Wildman–Crippen LogP) is 1.84. The maximum absolute atomic E-state index is 12.3.